The van der Waals surface area contributed by atoms with Crippen LogP contribution in [0, 0.1) is 5.92 Å². The van der Waals surface area contributed by atoms with Gasteiger partial charge in [-0.15, -0.1) is 11.6 Å². The standard InChI is InChI=1S/C10H16ClN3O2S/c1-8-3-4-14(9(8)5-11)17(15,16)10-6-13(2)7-12-10/h6-9H,3-5H2,1-2H3. The summed E-state index contributed by atoms with van der Waals surface area (Å²) in [7, 11) is -1.75. The van der Waals surface area contributed by atoms with E-state index in [1.54, 1.807) is 11.6 Å². The van der Waals surface area contributed by atoms with Crippen LogP contribution >= 0.6 is 11.6 Å². The van der Waals surface area contributed by atoms with E-state index in [1.165, 1.54) is 16.8 Å². The number of rotatable bonds is 3. The maximum absolute atomic E-state index is 12.4. The molecule has 1 aromatic rings. The molecule has 17 heavy (non-hydrogen) atoms. The molecule has 1 aromatic heterocycles. The molecule has 1 saturated heterocycles. The average molecular weight is 278 g/mol. The van der Waals surface area contributed by atoms with E-state index < -0.39 is 10.0 Å². The first-order valence-corrected chi connectivity index (χ1v) is 7.50. The Morgan fingerprint density at radius 2 is 2.29 bits per heavy atom. The van der Waals surface area contributed by atoms with Gasteiger partial charge in [0.25, 0.3) is 10.0 Å². The normalized spacial score (nSPS) is 26.5. The highest BCUT2D eigenvalue weighted by atomic mass is 35.5. The van der Waals surface area contributed by atoms with Crippen molar-refractivity contribution in [2.45, 2.75) is 24.4 Å². The number of hydrogen-bond acceptors (Lipinski definition) is 3. The van der Waals surface area contributed by atoms with Crippen LogP contribution < -0.4 is 0 Å². The number of nitrogens with zero attached hydrogens (tertiary/aromatic N) is 3. The highest BCUT2D eigenvalue weighted by Gasteiger charge is 2.39. The van der Waals surface area contributed by atoms with Crippen LogP contribution in [0.3, 0.4) is 0 Å². The van der Waals surface area contributed by atoms with Crippen molar-refractivity contribution >= 4 is 21.6 Å². The predicted octanol–water partition coefficient (Wildman–Crippen LogP) is 1.06. The minimum atomic E-state index is -3.50. The number of alkyl halides is 1. The summed E-state index contributed by atoms with van der Waals surface area (Å²) in [5, 5.41) is 0.101. The highest BCUT2D eigenvalue weighted by Crippen LogP contribution is 2.30. The van der Waals surface area contributed by atoms with E-state index in [4.69, 9.17) is 11.6 Å². The summed E-state index contributed by atoms with van der Waals surface area (Å²) in [5.41, 5.74) is 0. The van der Waals surface area contributed by atoms with Gasteiger partial charge in [0, 0.05) is 31.7 Å². The lowest BCUT2D eigenvalue weighted by Crippen LogP contribution is -2.38. The van der Waals surface area contributed by atoms with Gasteiger partial charge in [-0.3, -0.25) is 0 Å². The first kappa shape index (κ1) is 12.9. The van der Waals surface area contributed by atoms with E-state index in [0.29, 0.717) is 18.3 Å². The number of aryl methyl sites for hydroxylation is 1. The zero-order chi connectivity index (χ0) is 12.6. The van der Waals surface area contributed by atoms with Crippen molar-refractivity contribution in [3.8, 4) is 0 Å². The molecule has 0 aliphatic carbocycles. The van der Waals surface area contributed by atoms with Crippen molar-refractivity contribution in [3.05, 3.63) is 12.5 Å². The Balaban J connectivity index is 2.33. The van der Waals surface area contributed by atoms with E-state index in [2.05, 4.69) is 4.98 Å². The smallest absolute Gasteiger partial charge is 0.262 e. The largest absolute Gasteiger partial charge is 0.339 e. The zero-order valence-corrected chi connectivity index (χ0v) is 11.4. The number of halogens is 1. The van der Waals surface area contributed by atoms with Gasteiger partial charge in [-0.2, -0.15) is 4.31 Å². The van der Waals surface area contributed by atoms with Crippen molar-refractivity contribution in [2.24, 2.45) is 13.0 Å². The monoisotopic (exact) mass is 277 g/mol. The van der Waals surface area contributed by atoms with Crippen LogP contribution in [0.4, 0.5) is 0 Å². The molecule has 7 heteroatoms. The summed E-state index contributed by atoms with van der Waals surface area (Å²) < 4.78 is 27.8. The van der Waals surface area contributed by atoms with E-state index in [-0.39, 0.29) is 11.1 Å². The van der Waals surface area contributed by atoms with Crippen LogP contribution in [-0.2, 0) is 17.1 Å². The summed E-state index contributed by atoms with van der Waals surface area (Å²) in [4.78, 5) is 3.92. The minimum Gasteiger partial charge on any atom is -0.339 e. The van der Waals surface area contributed by atoms with Gasteiger partial charge >= 0.3 is 0 Å². The summed E-state index contributed by atoms with van der Waals surface area (Å²) >= 11 is 5.86. The third-order valence-corrected chi connectivity index (χ3v) is 5.37. The predicted molar refractivity (Wildman–Crippen MR) is 65.4 cm³/mol. The topological polar surface area (TPSA) is 55.2 Å². The number of hydrogen-bond donors (Lipinski definition) is 0. The van der Waals surface area contributed by atoms with Crippen LogP contribution in [0.2, 0.25) is 0 Å². The van der Waals surface area contributed by atoms with Crippen LogP contribution in [0.15, 0.2) is 17.6 Å². The summed E-state index contributed by atoms with van der Waals surface area (Å²) in [6, 6.07) is -0.122. The molecule has 1 aliphatic heterocycles. The lowest BCUT2D eigenvalue weighted by Gasteiger charge is -2.23. The van der Waals surface area contributed by atoms with E-state index >= 15 is 0 Å². The molecule has 2 unspecified atom stereocenters. The van der Waals surface area contributed by atoms with Gasteiger partial charge in [0.2, 0.25) is 0 Å². The SMILES string of the molecule is CC1CCN(S(=O)(=O)c2cn(C)cn2)C1CCl. The molecule has 2 atom stereocenters. The second-order valence-electron chi connectivity index (χ2n) is 4.48. The van der Waals surface area contributed by atoms with Crippen LogP contribution in [0.25, 0.3) is 0 Å². The lowest BCUT2D eigenvalue weighted by atomic mass is 10.1. The van der Waals surface area contributed by atoms with E-state index in [0.717, 1.165) is 6.42 Å². The van der Waals surface area contributed by atoms with Crippen LogP contribution in [0.1, 0.15) is 13.3 Å². The van der Waals surface area contributed by atoms with Crippen LogP contribution in [0.5, 0.6) is 0 Å². The molecule has 5 nitrogen and oxygen atoms in total. The molecular formula is C10H16ClN3O2S. The minimum absolute atomic E-state index is 0.101. The summed E-state index contributed by atoms with van der Waals surface area (Å²) in [6.45, 7) is 2.55. The Morgan fingerprint density at radius 3 is 2.82 bits per heavy atom. The van der Waals surface area contributed by atoms with Gasteiger partial charge in [-0.25, -0.2) is 13.4 Å². The molecule has 0 saturated carbocycles. The molecule has 2 heterocycles. The molecule has 0 bridgehead atoms. The van der Waals surface area contributed by atoms with Gasteiger partial charge in [0.1, 0.15) is 0 Å². The zero-order valence-electron chi connectivity index (χ0n) is 9.88. The Morgan fingerprint density at radius 1 is 1.59 bits per heavy atom. The molecule has 0 N–H and O–H groups in total. The fourth-order valence-corrected chi connectivity index (χ4v) is 4.40. The third kappa shape index (κ3) is 2.21. The number of aromatic nitrogens is 2. The van der Waals surface area contributed by atoms with Gasteiger partial charge in [-0.05, 0) is 12.3 Å². The molecule has 96 valence electrons. The van der Waals surface area contributed by atoms with Crippen molar-refractivity contribution in [1.29, 1.82) is 0 Å². The quantitative estimate of drug-likeness (QED) is 0.777. The van der Waals surface area contributed by atoms with Gasteiger partial charge in [-0.1, -0.05) is 6.92 Å². The van der Waals surface area contributed by atoms with Crippen molar-refractivity contribution in [2.75, 3.05) is 12.4 Å². The molecular weight excluding hydrogens is 262 g/mol. The first-order chi connectivity index (χ1) is 7.96. The number of imidazole rings is 1. The summed E-state index contributed by atoms with van der Waals surface area (Å²) in [5.74, 6) is 0.624. The van der Waals surface area contributed by atoms with E-state index in [1.807, 2.05) is 6.92 Å². The van der Waals surface area contributed by atoms with Gasteiger partial charge in [0.05, 0.1) is 6.33 Å². The molecule has 0 spiro atoms. The Bertz CT molecular complexity index is 499. The maximum Gasteiger partial charge on any atom is 0.262 e. The lowest BCUT2D eigenvalue weighted by molar-refractivity contribution is 0.374. The van der Waals surface area contributed by atoms with Crippen molar-refractivity contribution in [1.82, 2.24) is 13.9 Å². The Hall–Kier alpha value is -0.590. The fourth-order valence-electron chi connectivity index (χ4n) is 2.14. The second kappa shape index (κ2) is 4.59. The molecule has 0 amide bonds. The van der Waals surface area contributed by atoms with Crippen LogP contribution in [-0.4, -0.2) is 40.7 Å². The molecule has 1 aliphatic rings. The molecule has 2 rings (SSSR count). The Labute approximate surface area is 106 Å². The van der Waals surface area contributed by atoms with Gasteiger partial charge in [0.15, 0.2) is 5.03 Å². The second-order valence-corrected chi connectivity index (χ2v) is 6.63. The van der Waals surface area contributed by atoms with E-state index in [9.17, 15) is 8.42 Å². The van der Waals surface area contributed by atoms with Gasteiger partial charge < -0.3 is 4.57 Å². The number of sulfonamides is 1. The third-order valence-electron chi connectivity index (χ3n) is 3.24. The fraction of sp³-hybridized carbons (Fsp3) is 0.700. The highest BCUT2D eigenvalue weighted by molar-refractivity contribution is 7.89. The molecule has 0 radical (unpaired) electrons. The van der Waals surface area contributed by atoms with Crippen molar-refractivity contribution in [3.63, 3.8) is 0 Å². The molecule has 1 fully saturated rings. The van der Waals surface area contributed by atoms with Crippen molar-refractivity contribution < 1.29 is 8.42 Å². The summed E-state index contributed by atoms with van der Waals surface area (Å²) in [6.07, 6.45) is 3.86. The average Bonchev–Trinajstić information content (AvgIpc) is 2.84. The molecule has 0 aromatic carbocycles. The Kier molecular flexibility index (Phi) is 3.47. The maximum atomic E-state index is 12.4. The first-order valence-electron chi connectivity index (χ1n) is 5.52.